The van der Waals surface area contributed by atoms with E-state index in [-0.39, 0.29) is 4.90 Å². The summed E-state index contributed by atoms with van der Waals surface area (Å²) < 4.78 is 34.6. The van der Waals surface area contributed by atoms with E-state index in [1.165, 1.54) is 115 Å². The minimum Gasteiger partial charge on any atom is -0.282 e. The van der Waals surface area contributed by atoms with Crippen molar-refractivity contribution < 1.29 is 13.0 Å². The van der Waals surface area contributed by atoms with Crippen LogP contribution in [0.2, 0.25) is 0 Å². The largest absolute Gasteiger partial charge is 0.294 e. The van der Waals surface area contributed by atoms with Crippen molar-refractivity contribution in [3.05, 3.63) is 41.5 Å². The van der Waals surface area contributed by atoms with Gasteiger partial charge in [0.2, 0.25) is 0 Å². The van der Waals surface area contributed by atoms with Crippen LogP contribution in [-0.4, -0.2) is 13.0 Å². The molecule has 0 radical (unpaired) electrons. The first-order valence-corrected chi connectivity index (χ1v) is 17.4. The van der Waals surface area contributed by atoms with Crippen molar-refractivity contribution >= 4 is 20.9 Å². The fraction of sp³-hybridized carbons (Fsp3) is 0.706. The molecule has 0 unspecified atom stereocenters. The van der Waals surface area contributed by atoms with E-state index >= 15 is 0 Å². The Balaban J connectivity index is 1.92. The molecular weight excluding hydrogens is 488 g/mol. The minimum absolute atomic E-state index is 0.108. The van der Waals surface area contributed by atoms with Crippen LogP contribution in [0.15, 0.2) is 35.2 Å². The van der Waals surface area contributed by atoms with Gasteiger partial charge in [0.05, 0.1) is 4.90 Å². The predicted molar refractivity (Wildman–Crippen MR) is 165 cm³/mol. The zero-order valence-electron chi connectivity index (χ0n) is 24.6. The van der Waals surface area contributed by atoms with Gasteiger partial charge in [-0.25, -0.2) is 0 Å². The van der Waals surface area contributed by atoms with Gasteiger partial charge in [-0.3, -0.25) is 4.55 Å². The standard InChI is InChI=1S/C34H56O3S/c1-3-5-7-9-11-13-15-17-19-21-24-30-25-23-26-31-28-29-33(38(35,36)37)32(34(30)31)27-22-20-18-16-14-12-10-8-6-4-2/h23,25-26,28-29H,3-22,24,27H2,1-2H3,(H,35,36,37). The lowest BCUT2D eigenvalue weighted by Gasteiger charge is -2.15. The van der Waals surface area contributed by atoms with Crippen LogP contribution < -0.4 is 0 Å². The minimum atomic E-state index is -4.25. The summed E-state index contributed by atoms with van der Waals surface area (Å²) in [6, 6.07) is 9.79. The van der Waals surface area contributed by atoms with E-state index in [2.05, 4.69) is 32.0 Å². The summed E-state index contributed by atoms with van der Waals surface area (Å²) in [5.41, 5.74) is 2.06. The molecule has 0 spiro atoms. The van der Waals surface area contributed by atoms with Gasteiger partial charge in [-0.2, -0.15) is 8.42 Å². The lowest BCUT2D eigenvalue weighted by atomic mass is 9.92. The summed E-state index contributed by atoms with van der Waals surface area (Å²) >= 11 is 0. The normalized spacial score (nSPS) is 12.0. The number of fused-ring (bicyclic) bond motifs is 1. The van der Waals surface area contributed by atoms with E-state index in [0.29, 0.717) is 6.42 Å². The van der Waals surface area contributed by atoms with Crippen LogP contribution >= 0.6 is 0 Å². The van der Waals surface area contributed by atoms with Crippen molar-refractivity contribution in [2.45, 2.75) is 160 Å². The van der Waals surface area contributed by atoms with Gasteiger partial charge in [0.1, 0.15) is 0 Å². The Morgan fingerprint density at radius 2 is 1.00 bits per heavy atom. The first kappa shape index (κ1) is 32.8. The van der Waals surface area contributed by atoms with Gasteiger partial charge in [-0.15, -0.1) is 0 Å². The number of benzene rings is 2. The van der Waals surface area contributed by atoms with E-state index in [0.717, 1.165) is 42.0 Å². The second-order valence-electron chi connectivity index (χ2n) is 11.4. The molecule has 0 heterocycles. The molecule has 0 aliphatic rings. The molecular formula is C34H56O3S. The van der Waals surface area contributed by atoms with Gasteiger partial charge in [0, 0.05) is 0 Å². The topological polar surface area (TPSA) is 54.4 Å². The average molecular weight is 545 g/mol. The molecule has 0 aliphatic heterocycles. The van der Waals surface area contributed by atoms with Crippen molar-refractivity contribution in [1.82, 2.24) is 0 Å². The quantitative estimate of drug-likeness (QED) is 0.112. The molecule has 0 fully saturated rings. The highest BCUT2D eigenvalue weighted by Gasteiger charge is 2.19. The molecule has 0 amide bonds. The maximum Gasteiger partial charge on any atom is 0.294 e. The molecule has 4 heteroatoms. The SMILES string of the molecule is CCCCCCCCCCCCc1cccc2ccc(S(=O)(=O)O)c(CCCCCCCCCCCC)c12. The molecule has 0 saturated heterocycles. The third kappa shape index (κ3) is 12.6. The second kappa shape index (κ2) is 19.6. The predicted octanol–water partition coefficient (Wildman–Crippen LogP) is 11.0. The average Bonchev–Trinajstić information content (AvgIpc) is 2.90. The highest BCUT2D eigenvalue weighted by atomic mass is 32.2. The van der Waals surface area contributed by atoms with Gasteiger partial charge in [-0.05, 0) is 53.6 Å². The van der Waals surface area contributed by atoms with Crippen LogP contribution in [-0.2, 0) is 23.0 Å². The molecule has 0 bridgehead atoms. The van der Waals surface area contributed by atoms with Crippen molar-refractivity contribution in [2.24, 2.45) is 0 Å². The third-order valence-corrected chi connectivity index (χ3v) is 8.99. The van der Waals surface area contributed by atoms with Gasteiger partial charge in [-0.1, -0.05) is 154 Å². The Bertz CT molecular complexity index is 996. The summed E-state index contributed by atoms with van der Waals surface area (Å²) in [7, 11) is -4.25. The lowest BCUT2D eigenvalue weighted by molar-refractivity contribution is 0.482. The Hall–Kier alpha value is -1.39. The monoisotopic (exact) mass is 544 g/mol. The van der Waals surface area contributed by atoms with Crippen LogP contribution in [0, 0.1) is 0 Å². The fourth-order valence-electron chi connectivity index (χ4n) is 5.81. The smallest absolute Gasteiger partial charge is 0.282 e. The van der Waals surface area contributed by atoms with Gasteiger partial charge < -0.3 is 0 Å². The highest BCUT2D eigenvalue weighted by Crippen LogP contribution is 2.31. The Morgan fingerprint density at radius 1 is 0.553 bits per heavy atom. The Kier molecular flexibility index (Phi) is 17.0. The van der Waals surface area contributed by atoms with Crippen LogP contribution in [0.1, 0.15) is 153 Å². The van der Waals surface area contributed by atoms with Crippen LogP contribution in [0.3, 0.4) is 0 Å². The highest BCUT2D eigenvalue weighted by molar-refractivity contribution is 7.85. The van der Waals surface area contributed by atoms with Gasteiger partial charge in [0.25, 0.3) is 10.1 Å². The molecule has 2 rings (SSSR count). The molecule has 0 saturated carbocycles. The molecule has 2 aromatic carbocycles. The number of unbranched alkanes of at least 4 members (excludes halogenated alkanes) is 18. The van der Waals surface area contributed by atoms with Gasteiger partial charge >= 0.3 is 0 Å². The maximum absolute atomic E-state index is 12.3. The molecule has 0 aromatic heterocycles. The molecule has 2 aromatic rings. The summed E-state index contributed by atoms with van der Waals surface area (Å²) in [4.78, 5) is 0.108. The molecule has 216 valence electrons. The first-order valence-electron chi connectivity index (χ1n) is 16.0. The van der Waals surface area contributed by atoms with Crippen molar-refractivity contribution in [3.8, 4) is 0 Å². The maximum atomic E-state index is 12.3. The molecule has 0 atom stereocenters. The summed E-state index contributed by atoms with van der Waals surface area (Å²) in [6.07, 6.45) is 27.3. The lowest BCUT2D eigenvalue weighted by Crippen LogP contribution is -2.05. The van der Waals surface area contributed by atoms with E-state index < -0.39 is 10.1 Å². The van der Waals surface area contributed by atoms with Crippen molar-refractivity contribution in [1.29, 1.82) is 0 Å². The molecule has 0 aliphatic carbocycles. The molecule has 38 heavy (non-hydrogen) atoms. The van der Waals surface area contributed by atoms with Gasteiger partial charge in [0.15, 0.2) is 0 Å². The number of hydrogen-bond acceptors (Lipinski definition) is 2. The van der Waals surface area contributed by atoms with E-state index in [1.54, 1.807) is 6.07 Å². The van der Waals surface area contributed by atoms with E-state index in [9.17, 15) is 13.0 Å². The zero-order chi connectivity index (χ0) is 27.5. The van der Waals surface area contributed by atoms with Crippen LogP contribution in [0.4, 0.5) is 0 Å². The summed E-state index contributed by atoms with van der Waals surface area (Å²) in [6.45, 7) is 4.52. The first-order chi connectivity index (χ1) is 18.5. The summed E-state index contributed by atoms with van der Waals surface area (Å²) in [5, 5.41) is 2.15. The number of aryl methyl sites for hydroxylation is 2. The van der Waals surface area contributed by atoms with Crippen LogP contribution in [0.5, 0.6) is 0 Å². The fourth-order valence-corrected chi connectivity index (χ4v) is 6.56. The van der Waals surface area contributed by atoms with E-state index in [4.69, 9.17) is 0 Å². The van der Waals surface area contributed by atoms with Crippen LogP contribution in [0.25, 0.3) is 10.8 Å². The Morgan fingerprint density at radius 3 is 1.47 bits per heavy atom. The van der Waals surface area contributed by atoms with Crippen molar-refractivity contribution in [2.75, 3.05) is 0 Å². The number of rotatable bonds is 23. The second-order valence-corrected chi connectivity index (χ2v) is 12.8. The number of hydrogen-bond donors (Lipinski definition) is 1. The zero-order valence-corrected chi connectivity index (χ0v) is 25.4. The third-order valence-electron chi connectivity index (χ3n) is 8.05. The molecule has 1 N–H and O–H groups in total. The Labute approximate surface area is 235 Å². The molecule has 3 nitrogen and oxygen atoms in total. The van der Waals surface area contributed by atoms with Crippen molar-refractivity contribution in [3.63, 3.8) is 0 Å². The summed E-state index contributed by atoms with van der Waals surface area (Å²) in [5.74, 6) is 0. The van der Waals surface area contributed by atoms with E-state index in [1.807, 2.05) is 6.07 Å².